The molecule has 0 bridgehead atoms. The Balaban J connectivity index is 1.71. The molecule has 2 aliphatic heterocycles. The zero-order chi connectivity index (χ0) is 13.5. The van der Waals surface area contributed by atoms with Crippen LogP contribution in [0.1, 0.15) is 50.2 Å². The first-order valence-electron chi connectivity index (χ1n) is 7.17. The van der Waals surface area contributed by atoms with Crippen LogP contribution in [-0.4, -0.2) is 34.7 Å². The minimum atomic E-state index is -2.76. The number of aromatic nitrogens is 3. The highest BCUT2D eigenvalue weighted by Crippen LogP contribution is 2.28. The summed E-state index contributed by atoms with van der Waals surface area (Å²) in [6.07, 6.45) is 4.83. The summed E-state index contributed by atoms with van der Waals surface area (Å²) in [6.45, 7) is 3.23. The Morgan fingerprint density at radius 3 is 2.68 bits per heavy atom. The van der Waals surface area contributed by atoms with E-state index in [2.05, 4.69) is 21.7 Å². The van der Waals surface area contributed by atoms with Gasteiger partial charge in [0.2, 0.25) is 0 Å². The van der Waals surface area contributed by atoms with Crippen LogP contribution in [0.2, 0.25) is 0 Å². The smallest absolute Gasteiger partial charge is 0.150 e. The van der Waals surface area contributed by atoms with Gasteiger partial charge in [0, 0.05) is 18.9 Å². The van der Waals surface area contributed by atoms with Gasteiger partial charge in [-0.25, -0.2) is 8.42 Å². The first-order valence-corrected chi connectivity index (χ1v) is 9.00. The molecule has 1 unspecified atom stereocenters. The maximum atomic E-state index is 11.4. The topological polar surface area (TPSA) is 64.8 Å². The lowest BCUT2D eigenvalue weighted by Gasteiger charge is -2.24. The molecule has 0 saturated carbocycles. The summed E-state index contributed by atoms with van der Waals surface area (Å²) < 4.78 is 25.1. The second-order valence-electron chi connectivity index (χ2n) is 5.97. The van der Waals surface area contributed by atoms with Gasteiger partial charge in [0.1, 0.15) is 21.5 Å². The molecular weight excluding hydrogens is 262 g/mol. The summed E-state index contributed by atoms with van der Waals surface area (Å²) in [4.78, 5) is 0. The van der Waals surface area contributed by atoms with Crippen molar-refractivity contribution in [3.8, 4) is 0 Å². The maximum Gasteiger partial charge on any atom is 0.150 e. The molecule has 3 heterocycles. The molecule has 0 aliphatic carbocycles. The predicted molar refractivity (Wildman–Crippen MR) is 72.8 cm³/mol. The molecule has 5 nitrogen and oxygen atoms in total. The summed E-state index contributed by atoms with van der Waals surface area (Å²) in [5, 5.41) is 8.67. The average molecular weight is 283 g/mol. The molecule has 1 fully saturated rings. The van der Waals surface area contributed by atoms with Gasteiger partial charge in [-0.15, -0.1) is 10.2 Å². The Morgan fingerprint density at radius 2 is 1.95 bits per heavy atom. The number of hydrogen-bond acceptors (Lipinski definition) is 4. The minimum Gasteiger partial charge on any atom is -0.315 e. The molecule has 0 radical (unpaired) electrons. The lowest BCUT2D eigenvalue weighted by Crippen LogP contribution is -2.26. The van der Waals surface area contributed by atoms with Crippen LogP contribution in [-0.2, 0) is 22.8 Å². The lowest BCUT2D eigenvalue weighted by atomic mass is 9.97. The molecule has 0 N–H and O–H groups in total. The zero-order valence-electron chi connectivity index (χ0n) is 11.4. The maximum absolute atomic E-state index is 11.4. The highest BCUT2D eigenvalue weighted by Gasteiger charge is 2.27. The van der Waals surface area contributed by atoms with Crippen LogP contribution in [0.4, 0.5) is 0 Å². The van der Waals surface area contributed by atoms with E-state index >= 15 is 0 Å². The van der Waals surface area contributed by atoms with E-state index in [9.17, 15) is 8.42 Å². The van der Waals surface area contributed by atoms with Crippen molar-refractivity contribution in [1.29, 1.82) is 0 Å². The standard InChI is InChI=1S/C13H21N3O2S/c1-10-3-2-6-16-12(14-15-13(10)16)9-11-4-7-19(17,18)8-5-11/h10-11H,2-9H2,1H3. The molecule has 106 valence electrons. The number of hydrogen-bond donors (Lipinski definition) is 0. The molecule has 1 saturated heterocycles. The van der Waals surface area contributed by atoms with Crippen molar-refractivity contribution >= 4 is 9.84 Å². The second kappa shape index (κ2) is 4.89. The van der Waals surface area contributed by atoms with E-state index in [0.717, 1.165) is 37.5 Å². The van der Waals surface area contributed by atoms with Crippen molar-refractivity contribution in [2.45, 2.75) is 51.5 Å². The fourth-order valence-electron chi connectivity index (χ4n) is 3.19. The first kappa shape index (κ1) is 13.1. The number of sulfone groups is 1. The third-order valence-corrected chi connectivity index (χ3v) is 6.18. The van der Waals surface area contributed by atoms with E-state index in [4.69, 9.17) is 0 Å². The van der Waals surface area contributed by atoms with E-state index in [-0.39, 0.29) is 0 Å². The molecule has 0 amide bonds. The quantitative estimate of drug-likeness (QED) is 0.826. The monoisotopic (exact) mass is 283 g/mol. The third kappa shape index (κ3) is 2.68. The summed E-state index contributed by atoms with van der Waals surface area (Å²) in [6, 6.07) is 0. The molecule has 0 spiro atoms. The number of rotatable bonds is 2. The van der Waals surface area contributed by atoms with Gasteiger partial charge in [0.25, 0.3) is 0 Å². The van der Waals surface area contributed by atoms with Gasteiger partial charge in [-0.3, -0.25) is 0 Å². The zero-order valence-corrected chi connectivity index (χ0v) is 12.2. The van der Waals surface area contributed by atoms with Gasteiger partial charge in [0.05, 0.1) is 11.5 Å². The molecule has 0 aromatic carbocycles. The van der Waals surface area contributed by atoms with Gasteiger partial charge in [-0.2, -0.15) is 0 Å². The van der Waals surface area contributed by atoms with Crippen LogP contribution in [0.5, 0.6) is 0 Å². The molecule has 6 heteroatoms. The summed E-state index contributed by atoms with van der Waals surface area (Å²) in [5.74, 6) is 3.82. The molecule has 1 aromatic rings. The first-order chi connectivity index (χ1) is 9.05. The van der Waals surface area contributed by atoms with Crippen molar-refractivity contribution in [2.75, 3.05) is 11.5 Å². The largest absolute Gasteiger partial charge is 0.315 e. The second-order valence-corrected chi connectivity index (χ2v) is 8.27. The third-order valence-electron chi connectivity index (χ3n) is 4.46. The Morgan fingerprint density at radius 1 is 1.21 bits per heavy atom. The van der Waals surface area contributed by atoms with Gasteiger partial charge >= 0.3 is 0 Å². The van der Waals surface area contributed by atoms with Crippen LogP contribution in [0.25, 0.3) is 0 Å². The van der Waals surface area contributed by atoms with Gasteiger partial charge in [-0.1, -0.05) is 6.92 Å². The summed E-state index contributed by atoms with van der Waals surface area (Å²) >= 11 is 0. The molecule has 3 rings (SSSR count). The van der Waals surface area contributed by atoms with Gasteiger partial charge in [0.15, 0.2) is 0 Å². The van der Waals surface area contributed by atoms with E-state index in [1.165, 1.54) is 12.8 Å². The molecular formula is C13H21N3O2S. The fourth-order valence-corrected chi connectivity index (χ4v) is 4.78. The SMILES string of the molecule is CC1CCCn2c(CC3CCS(=O)(=O)CC3)nnc21. The van der Waals surface area contributed by atoms with Crippen LogP contribution in [0.3, 0.4) is 0 Å². The summed E-state index contributed by atoms with van der Waals surface area (Å²) in [5.41, 5.74) is 0. The Labute approximate surface area is 114 Å². The van der Waals surface area contributed by atoms with Crippen LogP contribution >= 0.6 is 0 Å². The van der Waals surface area contributed by atoms with Crippen molar-refractivity contribution in [3.05, 3.63) is 11.6 Å². The van der Waals surface area contributed by atoms with Crippen molar-refractivity contribution in [1.82, 2.24) is 14.8 Å². The van der Waals surface area contributed by atoms with E-state index in [0.29, 0.717) is 23.3 Å². The Hall–Kier alpha value is -0.910. The van der Waals surface area contributed by atoms with Crippen LogP contribution < -0.4 is 0 Å². The molecule has 1 atom stereocenters. The van der Waals surface area contributed by atoms with Crippen LogP contribution in [0.15, 0.2) is 0 Å². The molecule has 1 aromatic heterocycles. The van der Waals surface area contributed by atoms with Crippen molar-refractivity contribution in [3.63, 3.8) is 0 Å². The van der Waals surface area contributed by atoms with Crippen LogP contribution in [0, 0.1) is 5.92 Å². The van der Waals surface area contributed by atoms with Gasteiger partial charge in [-0.05, 0) is 31.6 Å². The van der Waals surface area contributed by atoms with Crippen molar-refractivity contribution in [2.24, 2.45) is 5.92 Å². The highest BCUT2D eigenvalue weighted by atomic mass is 32.2. The van der Waals surface area contributed by atoms with E-state index in [1.54, 1.807) is 0 Å². The molecule has 2 aliphatic rings. The average Bonchev–Trinajstić information content (AvgIpc) is 2.77. The fraction of sp³-hybridized carbons (Fsp3) is 0.846. The minimum absolute atomic E-state index is 0.342. The normalized spacial score (nSPS) is 27.1. The highest BCUT2D eigenvalue weighted by molar-refractivity contribution is 7.91. The van der Waals surface area contributed by atoms with E-state index < -0.39 is 9.84 Å². The Bertz CT molecular complexity index is 550. The van der Waals surface area contributed by atoms with Gasteiger partial charge < -0.3 is 4.57 Å². The molecule has 19 heavy (non-hydrogen) atoms. The lowest BCUT2D eigenvalue weighted by molar-refractivity contribution is 0.418. The number of nitrogens with zero attached hydrogens (tertiary/aromatic N) is 3. The van der Waals surface area contributed by atoms with Crippen molar-refractivity contribution < 1.29 is 8.42 Å². The Kier molecular flexibility index (Phi) is 3.37. The number of fused-ring (bicyclic) bond motifs is 1. The predicted octanol–water partition coefficient (Wildman–Crippen LogP) is 1.54. The van der Waals surface area contributed by atoms with E-state index in [1.807, 2.05) is 0 Å². The summed E-state index contributed by atoms with van der Waals surface area (Å²) in [7, 11) is -2.76.